The van der Waals surface area contributed by atoms with Crippen LogP contribution < -0.4 is 5.56 Å². The minimum Gasteiger partial charge on any atom is -0.309 e. The highest BCUT2D eigenvalue weighted by Gasteiger charge is 2.18. The molecular weight excluding hydrogens is 392 g/mol. The van der Waals surface area contributed by atoms with Crippen LogP contribution >= 0.6 is 11.3 Å². The summed E-state index contributed by atoms with van der Waals surface area (Å²) in [5, 5.41) is 0.676. The number of nitrogens with zero attached hydrogens (tertiary/aromatic N) is 3. The van der Waals surface area contributed by atoms with Gasteiger partial charge in [-0.2, -0.15) is 0 Å². The van der Waals surface area contributed by atoms with E-state index < -0.39 is 0 Å². The summed E-state index contributed by atoms with van der Waals surface area (Å²) in [5.74, 6) is 0.755. The molecule has 6 heteroatoms. The van der Waals surface area contributed by atoms with E-state index >= 15 is 0 Å². The van der Waals surface area contributed by atoms with Crippen LogP contribution in [0.1, 0.15) is 11.4 Å². The number of hydrogen-bond acceptors (Lipinski definition) is 5. The fourth-order valence-corrected chi connectivity index (χ4v) is 5.01. The Morgan fingerprint density at radius 2 is 1.50 bits per heavy atom. The van der Waals surface area contributed by atoms with E-state index in [9.17, 15) is 4.79 Å². The molecule has 0 aliphatic carbocycles. The highest BCUT2D eigenvalue weighted by molar-refractivity contribution is 7.21. The molecule has 0 saturated carbocycles. The van der Waals surface area contributed by atoms with Gasteiger partial charge in [0.1, 0.15) is 10.7 Å². The second kappa shape index (κ2) is 8.52. The Labute approximate surface area is 179 Å². The van der Waals surface area contributed by atoms with Gasteiger partial charge in [-0.3, -0.25) is 14.6 Å². The number of H-pyrrole nitrogens is 1. The van der Waals surface area contributed by atoms with Crippen LogP contribution in [0.25, 0.3) is 20.7 Å². The molecule has 3 heterocycles. The van der Waals surface area contributed by atoms with Crippen LogP contribution in [-0.4, -0.2) is 45.9 Å². The van der Waals surface area contributed by atoms with Gasteiger partial charge in [-0.15, -0.1) is 11.3 Å². The minimum absolute atomic E-state index is 0.0452. The molecule has 0 unspecified atom stereocenters. The number of nitrogens with one attached hydrogen (secondary N) is 1. The van der Waals surface area contributed by atoms with Crippen molar-refractivity contribution in [2.75, 3.05) is 26.2 Å². The van der Waals surface area contributed by atoms with E-state index in [1.165, 1.54) is 5.56 Å². The normalized spacial score (nSPS) is 15.6. The molecule has 4 aromatic rings. The zero-order chi connectivity index (χ0) is 20.3. The zero-order valence-corrected chi connectivity index (χ0v) is 17.6. The van der Waals surface area contributed by atoms with E-state index in [0.717, 1.165) is 53.8 Å². The van der Waals surface area contributed by atoms with E-state index in [1.807, 2.05) is 24.3 Å². The number of aromatic amines is 1. The predicted octanol–water partition coefficient (Wildman–Crippen LogP) is 3.97. The summed E-state index contributed by atoms with van der Waals surface area (Å²) in [6.45, 7) is 5.69. The smallest absolute Gasteiger partial charge is 0.259 e. The average Bonchev–Trinajstić information content (AvgIpc) is 3.21. The Balaban J connectivity index is 1.26. The molecule has 1 N–H and O–H groups in total. The highest BCUT2D eigenvalue weighted by Crippen LogP contribution is 2.30. The first-order chi connectivity index (χ1) is 14.7. The van der Waals surface area contributed by atoms with E-state index in [4.69, 9.17) is 4.98 Å². The SMILES string of the molecule is O=c1[nH]c(CN2CCN(Cc3ccccc3)CC2)nc2sc(-c3ccccc3)cc12. The minimum atomic E-state index is -0.0452. The van der Waals surface area contributed by atoms with Gasteiger partial charge in [-0.1, -0.05) is 60.7 Å². The molecule has 2 aromatic carbocycles. The third-order valence-corrected chi connectivity index (χ3v) is 6.68. The first kappa shape index (κ1) is 19.2. The van der Waals surface area contributed by atoms with Crippen molar-refractivity contribution < 1.29 is 0 Å². The summed E-state index contributed by atoms with van der Waals surface area (Å²) in [6, 6.07) is 22.7. The number of aromatic nitrogens is 2. The molecule has 30 heavy (non-hydrogen) atoms. The first-order valence-electron chi connectivity index (χ1n) is 10.3. The summed E-state index contributed by atoms with van der Waals surface area (Å²) >= 11 is 1.58. The molecule has 1 aliphatic heterocycles. The van der Waals surface area contributed by atoms with Crippen molar-refractivity contribution in [1.29, 1.82) is 0 Å². The fourth-order valence-electron chi connectivity index (χ4n) is 3.95. The largest absolute Gasteiger partial charge is 0.309 e. The number of thiophene rings is 1. The molecule has 1 aliphatic rings. The number of benzene rings is 2. The predicted molar refractivity (Wildman–Crippen MR) is 123 cm³/mol. The maximum Gasteiger partial charge on any atom is 0.259 e. The Bertz CT molecular complexity index is 1180. The summed E-state index contributed by atoms with van der Waals surface area (Å²) < 4.78 is 0. The number of rotatable bonds is 5. The molecule has 0 spiro atoms. The monoisotopic (exact) mass is 416 g/mol. The van der Waals surface area contributed by atoms with Crippen LogP contribution in [0.3, 0.4) is 0 Å². The van der Waals surface area contributed by atoms with E-state index in [0.29, 0.717) is 11.9 Å². The van der Waals surface area contributed by atoms with Crippen molar-refractivity contribution in [2.24, 2.45) is 0 Å². The van der Waals surface area contributed by atoms with Gasteiger partial charge in [0.25, 0.3) is 5.56 Å². The molecule has 0 atom stereocenters. The molecule has 2 aromatic heterocycles. The van der Waals surface area contributed by atoms with Crippen LogP contribution in [0.4, 0.5) is 0 Å². The lowest BCUT2D eigenvalue weighted by Crippen LogP contribution is -2.45. The van der Waals surface area contributed by atoms with Crippen LogP contribution in [-0.2, 0) is 13.1 Å². The Kier molecular flexibility index (Phi) is 5.45. The van der Waals surface area contributed by atoms with Gasteiger partial charge >= 0.3 is 0 Å². The van der Waals surface area contributed by atoms with Crippen molar-refractivity contribution in [2.45, 2.75) is 13.1 Å². The lowest BCUT2D eigenvalue weighted by Gasteiger charge is -2.34. The summed E-state index contributed by atoms with van der Waals surface area (Å²) in [5.41, 5.74) is 2.43. The Morgan fingerprint density at radius 3 is 2.20 bits per heavy atom. The molecule has 0 bridgehead atoms. The number of piperazine rings is 1. The van der Waals surface area contributed by atoms with Gasteiger partial charge in [0.15, 0.2) is 0 Å². The summed E-state index contributed by atoms with van der Waals surface area (Å²) in [4.78, 5) is 27.1. The van der Waals surface area contributed by atoms with E-state index in [2.05, 4.69) is 57.2 Å². The van der Waals surface area contributed by atoms with Crippen LogP contribution in [0.5, 0.6) is 0 Å². The topological polar surface area (TPSA) is 52.2 Å². The first-order valence-corrected chi connectivity index (χ1v) is 11.1. The Hall–Kier alpha value is -2.80. The molecule has 1 fully saturated rings. The molecule has 5 nitrogen and oxygen atoms in total. The Morgan fingerprint density at radius 1 is 0.867 bits per heavy atom. The van der Waals surface area contributed by atoms with Crippen molar-refractivity contribution >= 4 is 21.6 Å². The van der Waals surface area contributed by atoms with E-state index in [1.54, 1.807) is 11.3 Å². The van der Waals surface area contributed by atoms with Gasteiger partial charge in [-0.05, 0) is 17.2 Å². The van der Waals surface area contributed by atoms with Gasteiger partial charge in [0.2, 0.25) is 0 Å². The third kappa shape index (κ3) is 4.21. The van der Waals surface area contributed by atoms with Crippen molar-refractivity contribution in [3.63, 3.8) is 0 Å². The average molecular weight is 417 g/mol. The van der Waals surface area contributed by atoms with Gasteiger partial charge < -0.3 is 4.98 Å². The molecule has 152 valence electrons. The molecule has 0 amide bonds. The van der Waals surface area contributed by atoms with Gasteiger partial charge in [0.05, 0.1) is 11.9 Å². The highest BCUT2D eigenvalue weighted by atomic mass is 32.1. The van der Waals surface area contributed by atoms with Crippen molar-refractivity contribution in [3.8, 4) is 10.4 Å². The van der Waals surface area contributed by atoms with Gasteiger partial charge in [0, 0.05) is 37.6 Å². The van der Waals surface area contributed by atoms with Crippen LogP contribution in [0, 0.1) is 0 Å². The number of fused-ring (bicyclic) bond motifs is 1. The maximum atomic E-state index is 12.6. The third-order valence-electron chi connectivity index (χ3n) is 5.60. The van der Waals surface area contributed by atoms with E-state index in [-0.39, 0.29) is 5.56 Å². The summed E-state index contributed by atoms with van der Waals surface area (Å²) in [7, 11) is 0. The van der Waals surface area contributed by atoms with Crippen LogP contribution in [0.2, 0.25) is 0 Å². The maximum absolute atomic E-state index is 12.6. The van der Waals surface area contributed by atoms with Crippen LogP contribution in [0.15, 0.2) is 71.5 Å². The molecule has 1 saturated heterocycles. The lowest BCUT2D eigenvalue weighted by atomic mass is 10.2. The second-order valence-electron chi connectivity index (χ2n) is 7.75. The molecule has 5 rings (SSSR count). The fraction of sp³-hybridized carbons (Fsp3) is 0.250. The quantitative estimate of drug-likeness (QED) is 0.535. The van der Waals surface area contributed by atoms with Crippen molar-refractivity contribution in [3.05, 3.63) is 88.5 Å². The molecular formula is C24H24N4OS. The number of hydrogen-bond donors (Lipinski definition) is 1. The lowest BCUT2D eigenvalue weighted by molar-refractivity contribution is 0.120. The summed E-state index contributed by atoms with van der Waals surface area (Å²) in [6.07, 6.45) is 0. The van der Waals surface area contributed by atoms with Gasteiger partial charge in [-0.25, -0.2) is 4.98 Å². The zero-order valence-electron chi connectivity index (χ0n) is 16.8. The second-order valence-corrected chi connectivity index (χ2v) is 8.78. The van der Waals surface area contributed by atoms with Crippen molar-refractivity contribution in [1.82, 2.24) is 19.8 Å². The molecule has 0 radical (unpaired) electrons. The standard InChI is InChI=1S/C24H24N4OS/c29-23-20-15-21(19-9-5-2-6-10-19)30-24(20)26-22(25-23)17-28-13-11-27(12-14-28)16-18-7-3-1-4-8-18/h1-10,15H,11-14,16-17H2,(H,25,26,29).